The summed E-state index contributed by atoms with van der Waals surface area (Å²) in [6.07, 6.45) is 1.22. The number of rotatable bonds is 2. The smallest absolute Gasteiger partial charge is 0.404 e. The lowest BCUT2D eigenvalue weighted by atomic mass is 10.1. The first-order valence-electron chi connectivity index (χ1n) is 3.62. The Morgan fingerprint density at radius 1 is 1.73 bits per heavy atom. The second-order valence-corrected chi connectivity index (χ2v) is 2.78. The fourth-order valence-electron chi connectivity index (χ4n) is 1.23. The number of primary amides is 1. The van der Waals surface area contributed by atoms with Gasteiger partial charge in [-0.15, -0.1) is 0 Å². The second-order valence-electron chi connectivity index (χ2n) is 2.78. The summed E-state index contributed by atoms with van der Waals surface area (Å²) in [6, 6.07) is 0. The van der Waals surface area contributed by atoms with Crippen molar-refractivity contribution < 1.29 is 14.3 Å². The summed E-state index contributed by atoms with van der Waals surface area (Å²) in [5, 5.41) is 0. The Hall–Kier alpha value is -1.06. The molecule has 4 heteroatoms. The summed E-state index contributed by atoms with van der Waals surface area (Å²) in [6.45, 7) is 0.293. The van der Waals surface area contributed by atoms with Crippen LogP contribution in [0.2, 0.25) is 0 Å². The van der Waals surface area contributed by atoms with Crippen molar-refractivity contribution in [3.8, 4) is 0 Å². The highest BCUT2D eigenvalue weighted by atomic mass is 16.5. The first kappa shape index (κ1) is 8.04. The Bertz CT molecular complexity index is 179. The molecule has 0 aliphatic heterocycles. The minimum Gasteiger partial charge on any atom is -0.449 e. The van der Waals surface area contributed by atoms with E-state index in [1.54, 1.807) is 0 Å². The summed E-state index contributed by atoms with van der Waals surface area (Å²) >= 11 is 0. The van der Waals surface area contributed by atoms with Crippen LogP contribution in [-0.4, -0.2) is 18.5 Å². The molecule has 4 nitrogen and oxygen atoms in total. The lowest BCUT2D eigenvalue weighted by molar-refractivity contribution is -0.117. The Kier molecular flexibility index (Phi) is 2.46. The molecule has 1 atom stereocenters. The van der Waals surface area contributed by atoms with Gasteiger partial charge in [0.05, 0.1) is 6.61 Å². The van der Waals surface area contributed by atoms with Crippen LogP contribution >= 0.6 is 0 Å². The highest BCUT2D eigenvalue weighted by Gasteiger charge is 2.22. The van der Waals surface area contributed by atoms with Gasteiger partial charge in [0.15, 0.2) is 0 Å². The monoisotopic (exact) mass is 157 g/mol. The lowest BCUT2D eigenvalue weighted by Crippen LogP contribution is -2.17. The fraction of sp³-hybridized carbons (Fsp3) is 0.714. The molecule has 0 spiro atoms. The van der Waals surface area contributed by atoms with Crippen molar-refractivity contribution in [2.24, 2.45) is 11.7 Å². The molecule has 1 aliphatic carbocycles. The van der Waals surface area contributed by atoms with E-state index in [1.165, 1.54) is 0 Å². The van der Waals surface area contributed by atoms with E-state index >= 15 is 0 Å². The van der Waals surface area contributed by atoms with Crippen LogP contribution in [0.15, 0.2) is 0 Å². The van der Waals surface area contributed by atoms with E-state index in [1.807, 2.05) is 0 Å². The van der Waals surface area contributed by atoms with E-state index in [9.17, 15) is 9.59 Å². The fourth-order valence-corrected chi connectivity index (χ4v) is 1.23. The third-order valence-corrected chi connectivity index (χ3v) is 1.81. The van der Waals surface area contributed by atoms with Gasteiger partial charge in [0.1, 0.15) is 5.78 Å². The van der Waals surface area contributed by atoms with Crippen LogP contribution in [0, 0.1) is 5.92 Å². The standard InChI is InChI=1S/C7H11NO3/c8-7(10)11-4-5-1-2-6(9)3-5/h5H,1-4H2,(H2,8,10). The molecule has 0 aromatic heterocycles. The summed E-state index contributed by atoms with van der Waals surface area (Å²) in [4.78, 5) is 20.9. The van der Waals surface area contributed by atoms with Gasteiger partial charge in [0.2, 0.25) is 0 Å². The third-order valence-electron chi connectivity index (χ3n) is 1.81. The maximum atomic E-state index is 10.7. The van der Waals surface area contributed by atoms with E-state index in [0.717, 1.165) is 6.42 Å². The number of hydrogen-bond donors (Lipinski definition) is 1. The topological polar surface area (TPSA) is 69.4 Å². The lowest BCUT2D eigenvalue weighted by Gasteiger charge is -2.05. The Morgan fingerprint density at radius 3 is 2.91 bits per heavy atom. The highest BCUT2D eigenvalue weighted by Crippen LogP contribution is 2.21. The Labute approximate surface area is 64.7 Å². The average Bonchev–Trinajstić information content (AvgIpc) is 2.31. The molecular weight excluding hydrogens is 146 g/mol. The molecule has 1 aliphatic rings. The molecule has 0 aromatic rings. The van der Waals surface area contributed by atoms with Crippen molar-refractivity contribution in [3.63, 3.8) is 0 Å². The number of nitrogens with two attached hydrogens (primary N) is 1. The number of ketones is 1. The predicted molar refractivity (Wildman–Crippen MR) is 37.9 cm³/mol. The molecule has 1 amide bonds. The molecule has 0 saturated heterocycles. The highest BCUT2D eigenvalue weighted by molar-refractivity contribution is 5.80. The molecule has 0 heterocycles. The zero-order valence-corrected chi connectivity index (χ0v) is 6.21. The quantitative estimate of drug-likeness (QED) is 0.632. The zero-order valence-electron chi connectivity index (χ0n) is 6.21. The van der Waals surface area contributed by atoms with Crippen molar-refractivity contribution >= 4 is 11.9 Å². The maximum absolute atomic E-state index is 10.7. The molecule has 2 N–H and O–H groups in total. The summed E-state index contributed by atoms with van der Waals surface area (Å²) in [5.74, 6) is 0.457. The van der Waals surface area contributed by atoms with Crippen molar-refractivity contribution in [2.45, 2.75) is 19.3 Å². The molecule has 0 bridgehead atoms. The van der Waals surface area contributed by atoms with E-state index in [2.05, 4.69) is 4.74 Å². The van der Waals surface area contributed by atoms with E-state index in [-0.39, 0.29) is 11.7 Å². The molecule has 0 aromatic carbocycles. The Balaban J connectivity index is 2.18. The SMILES string of the molecule is NC(=O)OCC1CCC(=O)C1. The van der Waals surface area contributed by atoms with E-state index in [4.69, 9.17) is 5.73 Å². The van der Waals surface area contributed by atoms with Gasteiger partial charge in [-0.1, -0.05) is 0 Å². The summed E-state index contributed by atoms with van der Waals surface area (Å²) in [5.41, 5.74) is 4.76. The molecule has 1 rings (SSSR count). The van der Waals surface area contributed by atoms with Gasteiger partial charge in [-0.2, -0.15) is 0 Å². The minimum atomic E-state index is -0.760. The molecule has 1 unspecified atom stereocenters. The molecule has 1 fully saturated rings. The number of Topliss-reactive ketones (excluding diaryl/α,β-unsaturated/α-hetero) is 1. The zero-order chi connectivity index (χ0) is 8.27. The van der Waals surface area contributed by atoms with Crippen molar-refractivity contribution in [3.05, 3.63) is 0 Å². The van der Waals surface area contributed by atoms with Crippen LogP contribution in [-0.2, 0) is 9.53 Å². The van der Waals surface area contributed by atoms with Crippen LogP contribution in [0.4, 0.5) is 4.79 Å². The summed E-state index contributed by atoms with van der Waals surface area (Å²) in [7, 11) is 0. The van der Waals surface area contributed by atoms with Gasteiger partial charge in [-0.25, -0.2) is 4.79 Å². The first-order chi connectivity index (χ1) is 5.18. The first-order valence-corrected chi connectivity index (χ1v) is 3.62. The van der Waals surface area contributed by atoms with Crippen LogP contribution in [0.5, 0.6) is 0 Å². The molecule has 0 radical (unpaired) electrons. The Morgan fingerprint density at radius 2 is 2.45 bits per heavy atom. The van der Waals surface area contributed by atoms with Crippen molar-refractivity contribution in [1.82, 2.24) is 0 Å². The van der Waals surface area contributed by atoms with E-state index < -0.39 is 6.09 Å². The average molecular weight is 157 g/mol. The number of hydrogen-bond acceptors (Lipinski definition) is 3. The number of carbonyl (C=O) groups excluding carboxylic acids is 2. The van der Waals surface area contributed by atoms with Crippen LogP contribution < -0.4 is 5.73 Å². The number of amides is 1. The minimum absolute atomic E-state index is 0.204. The van der Waals surface area contributed by atoms with Gasteiger partial charge >= 0.3 is 6.09 Å². The van der Waals surface area contributed by atoms with E-state index in [0.29, 0.717) is 19.4 Å². The third kappa shape index (κ3) is 2.57. The predicted octanol–water partition coefficient (Wildman–Crippen LogP) is 0.451. The van der Waals surface area contributed by atoms with Gasteiger partial charge < -0.3 is 10.5 Å². The van der Waals surface area contributed by atoms with Gasteiger partial charge in [0.25, 0.3) is 0 Å². The normalized spacial score (nSPS) is 23.6. The largest absolute Gasteiger partial charge is 0.449 e. The molecular formula is C7H11NO3. The van der Waals surface area contributed by atoms with Crippen LogP contribution in [0.3, 0.4) is 0 Å². The van der Waals surface area contributed by atoms with Gasteiger partial charge in [0, 0.05) is 18.8 Å². The number of ether oxygens (including phenoxy) is 1. The van der Waals surface area contributed by atoms with Crippen LogP contribution in [0.25, 0.3) is 0 Å². The maximum Gasteiger partial charge on any atom is 0.404 e. The van der Waals surface area contributed by atoms with Crippen molar-refractivity contribution in [2.75, 3.05) is 6.61 Å². The van der Waals surface area contributed by atoms with Crippen molar-refractivity contribution in [1.29, 1.82) is 0 Å². The van der Waals surface area contributed by atoms with Gasteiger partial charge in [-0.05, 0) is 6.42 Å². The second kappa shape index (κ2) is 3.37. The molecule has 11 heavy (non-hydrogen) atoms. The summed E-state index contributed by atoms with van der Waals surface area (Å²) < 4.78 is 4.56. The number of carbonyl (C=O) groups is 2. The molecule has 62 valence electrons. The van der Waals surface area contributed by atoms with Crippen LogP contribution in [0.1, 0.15) is 19.3 Å². The molecule has 1 saturated carbocycles. The van der Waals surface area contributed by atoms with Gasteiger partial charge in [-0.3, -0.25) is 4.79 Å².